The van der Waals surface area contributed by atoms with Gasteiger partial charge in [-0.1, -0.05) is 56.5 Å². The Labute approximate surface area is 171 Å². The molecule has 0 radical (unpaired) electrons. The zero-order chi connectivity index (χ0) is 20.2. The van der Waals surface area contributed by atoms with E-state index in [9.17, 15) is 9.18 Å². The highest BCUT2D eigenvalue weighted by Gasteiger charge is 2.40. The summed E-state index contributed by atoms with van der Waals surface area (Å²) in [5.74, 6) is 0.0732. The van der Waals surface area contributed by atoms with Crippen LogP contribution in [0.3, 0.4) is 0 Å². The van der Waals surface area contributed by atoms with Gasteiger partial charge in [-0.15, -0.1) is 0 Å². The average molecular weight is 397 g/mol. The minimum absolute atomic E-state index is 0.0733. The molecule has 3 atom stereocenters. The largest absolute Gasteiger partial charge is 0.445 e. The smallest absolute Gasteiger partial charge is 0.408 e. The predicted molar refractivity (Wildman–Crippen MR) is 110 cm³/mol. The summed E-state index contributed by atoms with van der Waals surface area (Å²) in [4.78, 5) is 16.6. The van der Waals surface area contributed by atoms with Crippen molar-refractivity contribution < 1.29 is 13.9 Å². The number of ether oxygens (including phenoxy) is 1. The third-order valence-electron chi connectivity index (χ3n) is 6.24. The summed E-state index contributed by atoms with van der Waals surface area (Å²) in [6, 6.07) is 12.5. The molecule has 2 aliphatic rings. The molecule has 1 aromatic carbocycles. The van der Waals surface area contributed by atoms with Gasteiger partial charge in [0.15, 0.2) is 0 Å². The summed E-state index contributed by atoms with van der Waals surface area (Å²) in [6.07, 6.45) is 5.61. The molecule has 4 rings (SSSR count). The molecule has 0 saturated heterocycles. The lowest BCUT2D eigenvalue weighted by atomic mass is 9.74. The number of carbonyl (C=O) groups is 1. The quantitative estimate of drug-likeness (QED) is 0.696. The number of hydrogen-bond donors (Lipinski definition) is 2. The van der Waals surface area contributed by atoms with Crippen LogP contribution in [0.2, 0.25) is 0 Å². The number of fused-ring (bicyclic) bond motifs is 1. The highest BCUT2D eigenvalue weighted by atomic mass is 19.1. The molecule has 2 aromatic rings. The summed E-state index contributed by atoms with van der Waals surface area (Å²) in [5, 5.41) is 6.54. The fourth-order valence-electron chi connectivity index (χ4n) is 4.71. The van der Waals surface area contributed by atoms with Crippen molar-refractivity contribution in [2.45, 2.75) is 57.7 Å². The molecule has 5 nitrogen and oxygen atoms in total. The first-order valence-electron chi connectivity index (χ1n) is 10.5. The lowest BCUT2D eigenvalue weighted by Gasteiger charge is -2.43. The number of nitrogens with one attached hydrogen (secondary N) is 2. The second-order valence-corrected chi connectivity index (χ2v) is 8.18. The van der Waals surface area contributed by atoms with Gasteiger partial charge >= 0.3 is 6.09 Å². The number of amides is 1. The Morgan fingerprint density at radius 1 is 1.17 bits per heavy atom. The fourth-order valence-corrected chi connectivity index (χ4v) is 4.71. The van der Waals surface area contributed by atoms with Crippen molar-refractivity contribution in [3.8, 4) is 0 Å². The number of carbonyl (C=O) groups excluding carboxylic acids is 1. The maximum atomic E-state index is 13.9. The summed E-state index contributed by atoms with van der Waals surface area (Å²) in [7, 11) is 0. The highest BCUT2D eigenvalue weighted by molar-refractivity contribution is 5.69. The van der Waals surface area contributed by atoms with Crippen LogP contribution in [-0.4, -0.2) is 17.1 Å². The zero-order valence-electron chi connectivity index (χ0n) is 16.7. The van der Waals surface area contributed by atoms with E-state index in [1.807, 2.05) is 30.3 Å². The summed E-state index contributed by atoms with van der Waals surface area (Å²) in [5.41, 5.74) is 2.26. The number of rotatable bonds is 4. The Balaban J connectivity index is 1.51. The first-order chi connectivity index (χ1) is 14.1. The molecule has 0 bridgehead atoms. The highest BCUT2D eigenvalue weighted by Crippen LogP contribution is 2.41. The topological polar surface area (TPSA) is 63.2 Å². The van der Waals surface area contributed by atoms with Gasteiger partial charge in [-0.2, -0.15) is 4.39 Å². The molecule has 6 heteroatoms. The molecule has 1 amide bonds. The van der Waals surface area contributed by atoms with E-state index >= 15 is 0 Å². The van der Waals surface area contributed by atoms with Crippen LogP contribution in [0.15, 0.2) is 42.5 Å². The van der Waals surface area contributed by atoms with E-state index in [2.05, 4.69) is 22.5 Å². The Bertz CT molecular complexity index is 839. The van der Waals surface area contributed by atoms with Gasteiger partial charge in [0.1, 0.15) is 6.61 Å². The van der Waals surface area contributed by atoms with Crippen molar-refractivity contribution in [1.29, 1.82) is 0 Å². The van der Waals surface area contributed by atoms with E-state index in [0.717, 1.165) is 11.3 Å². The van der Waals surface area contributed by atoms with E-state index in [1.54, 1.807) is 6.07 Å². The van der Waals surface area contributed by atoms with E-state index in [4.69, 9.17) is 4.74 Å². The summed E-state index contributed by atoms with van der Waals surface area (Å²) < 4.78 is 19.3. The standard InChI is InChI=1S/C23H28FN3O2/c1-15-20(17-10-6-3-7-11-17)25-18-12-13-19(24)26-22(18)21(15)27-23(28)29-14-16-8-4-2-5-9-16/h2,4-5,8-9,12-13,15,17,20-21,25H,3,6-7,10-11,14H2,1H3,(H,27,28)/t15-,20?,21+/m0/s1. The van der Waals surface area contributed by atoms with Crippen LogP contribution in [0.1, 0.15) is 56.3 Å². The van der Waals surface area contributed by atoms with E-state index in [0.29, 0.717) is 11.6 Å². The lowest BCUT2D eigenvalue weighted by Crippen LogP contribution is -2.48. The normalized spacial score (nSPS) is 24.3. The van der Waals surface area contributed by atoms with Gasteiger partial charge in [0.05, 0.1) is 17.4 Å². The zero-order valence-corrected chi connectivity index (χ0v) is 16.7. The first-order valence-corrected chi connectivity index (χ1v) is 10.5. The molecule has 29 heavy (non-hydrogen) atoms. The predicted octanol–water partition coefficient (Wildman–Crippen LogP) is 5.20. The number of halogens is 1. The van der Waals surface area contributed by atoms with Crippen molar-refractivity contribution >= 4 is 11.8 Å². The number of hydrogen-bond acceptors (Lipinski definition) is 4. The van der Waals surface area contributed by atoms with Crippen LogP contribution in [0, 0.1) is 17.8 Å². The summed E-state index contributed by atoms with van der Waals surface area (Å²) >= 11 is 0. The molecule has 1 aliphatic heterocycles. The monoisotopic (exact) mass is 397 g/mol. The van der Waals surface area contributed by atoms with Crippen LogP contribution >= 0.6 is 0 Å². The first kappa shape index (κ1) is 19.7. The number of benzene rings is 1. The number of alkyl carbamates (subject to hydrolysis) is 1. The average Bonchev–Trinajstić information content (AvgIpc) is 2.75. The van der Waals surface area contributed by atoms with E-state index in [-0.39, 0.29) is 18.6 Å². The number of anilines is 1. The van der Waals surface area contributed by atoms with Gasteiger partial charge in [0.2, 0.25) is 5.95 Å². The van der Waals surface area contributed by atoms with Gasteiger partial charge in [0, 0.05) is 12.0 Å². The SMILES string of the molecule is C[C@H]1C(C2CCCCC2)Nc2ccc(F)nc2[C@@H]1NC(=O)OCc1ccccc1. The van der Waals surface area contributed by atoms with E-state index in [1.165, 1.54) is 38.2 Å². The van der Waals surface area contributed by atoms with Crippen molar-refractivity contribution in [1.82, 2.24) is 10.3 Å². The van der Waals surface area contributed by atoms with Crippen LogP contribution in [0.25, 0.3) is 0 Å². The van der Waals surface area contributed by atoms with Crippen molar-refractivity contribution in [3.05, 3.63) is 59.7 Å². The Hall–Kier alpha value is -2.63. The van der Waals surface area contributed by atoms with Crippen LogP contribution < -0.4 is 10.6 Å². The minimum Gasteiger partial charge on any atom is -0.445 e. The second-order valence-electron chi connectivity index (χ2n) is 8.18. The fraction of sp³-hybridized carbons (Fsp3) is 0.478. The third kappa shape index (κ3) is 4.52. The summed E-state index contributed by atoms with van der Waals surface area (Å²) in [6.45, 7) is 2.30. The molecule has 1 aliphatic carbocycles. The molecular formula is C23H28FN3O2. The molecule has 2 N–H and O–H groups in total. The van der Waals surface area contributed by atoms with Gasteiger partial charge in [0.25, 0.3) is 0 Å². The number of aromatic nitrogens is 1. The van der Waals surface area contributed by atoms with Crippen LogP contribution in [0.4, 0.5) is 14.9 Å². The molecule has 2 heterocycles. The molecule has 154 valence electrons. The van der Waals surface area contributed by atoms with E-state index < -0.39 is 18.1 Å². The van der Waals surface area contributed by atoms with Gasteiger partial charge in [-0.3, -0.25) is 0 Å². The molecule has 1 aromatic heterocycles. The van der Waals surface area contributed by atoms with Gasteiger partial charge in [-0.25, -0.2) is 9.78 Å². The molecule has 1 saturated carbocycles. The van der Waals surface area contributed by atoms with Crippen molar-refractivity contribution in [2.75, 3.05) is 5.32 Å². The number of nitrogens with zero attached hydrogens (tertiary/aromatic N) is 1. The Morgan fingerprint density at radius 2 is 1.93 bits per heavy atom. The molecular weight excluding hydrogens is 369 g/mol. The lowest BCUT2D eigenvalue weighted by molar-refractivity contribution is 0.127. The number of pyridine rings is 1. The third-order valence-corrected chi connectivity index (χ3v) is 6.24. The van der Waals surface area contributed by atoms with Crippen molar-refractivity contribution in [2.24, 2.45) is 11.8 Å². The second kappa shape index (κ2) is 8.80. The maximum absolute atomic E-state index is 13.9. The minimum atomic E-state index is -0.543. The van der Waals surface area contributed by atoms with Crippen LogP contribution in [0.5, 0.6) is 0 Å². The molecule has 0 spiro atoms. The maximum Gasteiger partial charge on any atom is 0.408 e. The van der Waals surface area contributed by atoms with Crippen molar-refractivity contribution in [3.63, 3.8) is 0 Å². The molecule has 1 unspecified atom stereocenters. The van der Waals surface area contributed by atoms with Gasteiger partial charge < -0.3 is 15.4 Å². The van der Waals surface area contributed by atoms with Crippen LogP contribution in [-0.2, 0) is 11.3 Å². The Kier molecular flexibility index (Phi) is 5.97. The van der Waals surface area contributed by atoms with Gasteiger partial charge in [-0.05, 0) is 36.5 Å². The Morgan fingerprint density at radius 3 is 2.69 bits per heavy atom. The molecule has 1 fully saturated rings.